The Morgan fingerprint density at radius 1 is 1.04 bits per heavy atom. The maximum absolute atomic E-state index is 11.6. The third-order valence-corrected chi connectivity index (χ3v) is 3.89. The van der Waals surface area contributed by atoms with Gasteiger partial charge in [0.05, 0.1) is 19.3 Å². The maximum Gasteiger partial charge on any atom is 0.222 e. The number of amides is 1. The molecule has 0 aliphatic heterocycles. The highest BCUT2D eigenvalue weighted by atomic mass is 16.5. The normalized spacial score (nSPS) is 12.5. The lowest BCUT2D eigenvalue weighted by Crippen LogP contribution is -2.42. The van der Waals surface area contributed by atoms with Crippen molar-refractivity contribution in [2.45, 2.75) is 40.7 Å². The second-order valence-corrected chi connectivity index (χ2v) is 6.38. The summed E-state index contributed by atoms with van der Waals surface area (Å²) in [7, 11) is 1.72. The molecule has 0 saturated heterocycles. The number of aliphatic imine (C=N–C) groups is 1. The van der Waals surface area contributed by atoms with Crippen molar-refractivity contribution in [3.63, 3.8) is 0 Å². The summed E-state index contributed by atoms with van der Waals surface area (Å²) >= 11 is 0. The van der Waals surface area contributed by atoms with Crippen LogP contribution in [0.25, 0.3) is 0 Å². The van der Waals surface area contributed by atoms with Gasteiger partial charge in [0.2, 0.25) is 5.91 Å². The molecule has 0 heterocycles. The number of hydrogen-bond donors (Lipinski definition) is 3. The highest BCUT2D eigenvalue weighted by Gasteiger charge is 2.12. The zero-order valence-corrected chi connectivity index (χ0v) is 17.4. The predicted octanol–water partition coefficient (Wildman–Crippen LogP) is 2.48. The van der Waals surface area contributed by atoms with Crippen molar-refractivity contribution in [2.75, 3.05) is 33.4 Å². The van der Waals surface area contributed by atoms with Gasteiger partial charge in [0.1, 0.15) is 0 Å². The average molecular weight is 379 g/mol. The van der Waals surface area contributed by atoms with Gasteiger partial charge in [-0.25, -0.2) is 0 Å². The van der Waals surface area contributed by atoms with E-state index in [-0.39, 0.29) is 17.9 Å². The lowest BCUT2D eigenvalue weighted by atomic mass is 10.1. The van der Waals surface area contributed by atoms with Crippen LogP contribution in [0.15, 0.2) is 23.2 Å². The van der Waals surface area contributed by atoms with Crippen molar-refractivity contribution in [3.05, 3.63) is 23.8 Å². The summed E-state index contributed by atoms with van der Waals surface area (Å²) in [6.07, 6.45) is 0. The summed E-state index contributed by atoms with van der Waals surface area (Å²) < 4.78 is 11.3. The molecule has 0 radical (unpaired) electrons. The minimum Gasteiger partial charge on any atom is -0.490 e. The Labute approximate surface area is 162 Å². The van der Waals surface area contributed by atoms with Crippen LogP contribution < -0.4 is 25.4 Å². The highest BCUT2D eigenvalue weighted by Crippen LogP contribution is 2.30. The number of hydrogen-bond acceptors (Lipinski definition) is 4. The second kappa shape index (κ2) is 12.0. The number of nitrogens with zero attached hydrogens (tertiary/aromatic N) is 1. The fraction of sp³-hybridized carbons (Fsp3) is 0.600. The van der Waals surface area contributed by atoms with Crippen molar-refractivity contribution in [2.24, 2.45) is 10.9 Å². The molecule has 1 unspecified atom stereocenters. The van der Waals surface area contributed by atoms with Gasteiger partial charge in [0, 0.05) is 26.1 Å². The number of rotatable bonds is 10. The van der Waals surface area contributed by atoms with Crippen molar-refractivity contribution in [1.82, 2.24) is 16.0 Å². The molecule has 152 valence electrons. The Kier molecular flexibility index (Phi) is 10.1. The van der Waals surface area contributed by atoms with Crippen LogP contribution in [0.1, 0.15) is 46.2 Å². The number of nitrogens with one attached hydrogen (secondary N) is 3. The average Bonchev–Trinajstić information content (AvgIpc) is 2.65. The fourth-order valence-corrected chi connectivity index (χ4v) is 2.39. The first-order valence-corrected chi connectivity index (χ1v) is 9.57. The van der Waals surface area contributed by atoms with Crippen LogP contribution in [0.4, 0.5) is 0 Å². The largest absolute Gasteiger partial charge is 0.490 e. The predicted molar refractivity (Wildman–Crippen MR) is 110 cm³/mol. The lowest BCUT2D eigenvalue weighted by Gasteiger charge is -2.20. The molecule has 1 amide bonds. The third-order valence-electron chi connectivity index (χ3n) is 3.89. The molecular weight excluding hydrogens is 344 g/mol. The monoisotopic (exact) mass is 378 g/mol. The van der Waals surface area contributed by atoms with Crippen LogP contribution in [0, 0.1) is 5.92 Å². The van der Waals surface area contributed by atoms with Gasteiger partial charge in [0.15, 0.2) is 17.5 Å². The van der Waals surface area contributed by atoms with Crippen molar-refractivity contribution < 1.29 is 14.3 Å². The molecule has 0 fully saturated rings. The van der Waals surface area contributed by atoms with E-state index in [0.717, 1.165) is 17.1 Å². The Hall–Kier alpha value is -2.44. The second-order valence-electron chi connectivity index (χ2n) is 6.38. The zero-order chi connectivity index (χ0) is 20.2. The number of carbonyl (C=O) groups excluding carboxylic acids is 1. The van der Waals surface area contributed by atoms with Gasteiger partial charge in [-0.05, 0) is 38.5 Å². The van der Waals surface area contributed by atoms with Crippen LogP contribution in [-0.2, 0) is 4.79 Å². The van der Waals surface area contributed by atoms with Gasteiger partial charge in [-0.15, -0.1) is 0 Å². The van der Waals surface area contributed by atoms with Gasteiger partial charge in [-0.2, -0.15) is 0 Å². The van der Waals surface area contributed by atoms with E-state index in [4.69, 9.17) is 9.47 Å². The first kappa shape index (κ1) is 22.6. The molecule has 3 N–H and O–H groups in total. The SMILES string of the molecule is CCOc1ccc(C(C)NC(=NC)NCCNC(=O)C(C)C)cc1OCC. The topological polar surface area (TPSA) is 84.0 Å². The molecule has 0 aliphatic carbocycles. The minimum absolute atomic E-state index is 0.0124. The number of carbonyl (C=O) groups is 1. The van der Waals surface area contributed by atoms with Crippen LogP contribution in [-0.4, -0.2) is 45.2 Å². The Morgan fingerprint density at radius 2 is 1.67 bits per heavy atom. The lowest BCUT2D eigenvalue weighted by molar-refractivity contribution is -0.123. The van der Waals surface area contributed by atoms with E-state index in [1.54, 1.807) is 7.05 Å². The standard InChI is InChI=1S/C20H34N4O3/c1-7-26-17-10-9-16(13-18(17)27-8-2)15(5)24-20(21-6)23-12-11-22-19(25)14(3)4/h9-10,13-15H,7-8,11-12H2,1-6H3,(H,22,25)(H2,21,23,24). The van der Waals surface area contributed by atoms with Crippen LogP contribution in [0.2, 0.25) is 0 Å². The molecule has 7 heteroatoms. The molecule has 0 saturated carbocycles. The summed E-state index contributed by atoms with van der Waals surface area (Å²) in [5.74, 6) is 2.20. The third kappa shape index (κ3) is 7.76. The van der Waals surface area contributed by atoms with E-state index in [9.17, 15) is 4.79 Å². The molecule has 7 nitrogen and oxygen atoms in total. The van der Waals surface area contributed by atoms with Crippen molar-refractivity contribution in [1.29, 1.82) is 0 Å². The molecule has 1 aromatic rings. The molecule has 1 aromatic carbocycles. The van der Waals surface area contributed by atoms with Gasteiger partial charge in [0.25, 0.3) is 0 Å². The van der Waals surface area contributed by atoms with E-state index >= 15 is 0 Å². The van der Waals surface area contributed by atoms with Gasteiger partial charge in [-0.1, -0.05) is 19.9 Å². The maximum atomic E-state index is 11.6. The first-order chi connectivity index (χ1) is 12.9. The summed E-state index contributed by atoms with van der Waals surface area (Å²) in [5.41, 5.74) is 1.07. The van der Waals surface area contributed by atoms with E-state index in [1.807, 2.05) is 45.9 Å². The number of guanidine groups is 1. The molecule has 1 rings (SSSR count). The number of ether oxygens (including phenoxy) is 2. The molecule has 1 atom stereocenters. The smallest absolute Gasteiger partial charge is 0.222 e. The Morgan fingerprint density at radius 3 is 2.26 bits per heavy atom. The van der Waals surface area contributed by atoms with E-state index in [1.165, 1.54) is 0 Å². The van der Waals surface area contributed by atoms with E-state index in [2.05, 4.69) is 27.9 Å². The zero-order valence-electron chi connectivity index (χ0n) is 17.4. The summed E-state index contributed by atoms with van der Waals surface area (Å²) in [4.78, 5) is 15.8. The minimum atomic E-state index is -0.0124. The summed E-state index contributed by atoms with van der Waals surface area (Å²) in [6, 6.07) is 5.96. The molecule has 27 heavy (non-hydrogen) atoms. The van der Waals surface area contributed by atoms with Crippen LogP contribution >= 0.6 is 0 Å². The van der Waals surface area contributed by atoms with E-state index in [0.29, 0.717) is 32.3 Å². The van der Waals surface area contributed by atoms with Gasteiger partial charge >= 0.3 is 0 Å². The van der Waals surface area contributed by atoms with Gasteiger partial charge < -0.3 is 25.4 Å². The van der Waals surface area contributed by atoms with Crippen LogP contribution in [0.3, 0.4) is 0 Å². The van der Waals surface area contributed by atoms with E-state index < -0.39 is 0 Å². The highest BCUT2D eigenvalue weighted by molar-refractivity contribution is 5.80. The first-order valence-electron chi connectivity index (χ1n) is 9.57. The Bertz CT molecular complexity index is 617. The summed E-state index contributed by atoms with van der Waals surface area (Å²) in [6.45, 7) is 12.0. The van der Waals surface area contributed by atoms with Gasteiger partial charge in [-0.3, -0.25) is 9.79 Å². The van der Waals surface area contributed by atoms with Crippen LogP contribution in [0.5, 0.6) is 11.5 Å². The summed E-state index contributed by atoms with van der Waals surface area (Å²) in [5, 5.41) is 9.42. The van der Waals surface area contributed by atoms with Crippen molar-refractivity contribution in [3.8, 4) is 11.5 Å². The molecule has 0 aliphatic rings. The Balaban J connectivity index is 2.63. The molecular formula is C20H34N4O3. The fourth-order valence-electron chi connectivity index (χ4n) is 2.39. The van der Waals surface area contributed by atoms with Crippen molar-refractivity contribution >= 4 is 11.9 Å². The molecule has 0 bridgehead atoms. The molecule has 0 aromatic heterocycles. The quantitative estimate of drug-likeness (QED) is 0.331. The molecule has 0 spiro atoms. The number of benzene rings is 1.